The van der Waals surface area contributed by atoms with E-state index in [0.29, 0.717) is 5.56 Å². The van der Waals surface area contributed by atoms with Gasteiger partial charge in [-0.1, -0.05) is 15.9 Å². The Bertz CT molecular complexity index is 336. The van der Waals surface area contributed by atoms with E-state index in [9.17, 15) is 4.79 Å². The van der Waals surface area contributed by atoms with Gasteiger partial charge in [0.2, 0.25) is 0 Å². The standard InChI is InChI=1S/C8H6BrIO2/c1-4-6(8(11)12)2-5(10)3-7(4)9/h2-3H,1H3,(H,11,12). The molecule has 0 aliphatic heterocycles. The zero-order valence-electron chi connectivity index (χ0n) is 6.27. The van der Waals surface area contributed by atoms with Crippen LogP contribution in [0.25, 0.3) is 0 Å². The molecular weight excluding hydrogens is 335 g/mol. The minimum atomic E-state index is -0.883. The van der Waals surface area contributed by atoms with Crippen LogP contribution >= 0.6 is 38.5 Å². The third-order valence-electron chi connectivity index (χ3n) is 1.54. The van der Waals surface area contributed by atoms with Crippen LogP contribution in [0.1, 0.15) is 15.9 Å². The molecule has 1 aromatic rings. The smallest absolute Gasteiger partial charge is 0.336 e. The van der Waals surface area contributed by atoms with Gasteiger partial charge in [-0.05, 0) is 47.2 Å². The maximum absolute atomic E-state index is 10.7. The normalized spacial score (nSPS) is 9.92. The summed E-state index contributed by atoms with van der Waals surface area (Å²) in [6, 6.07) is 3.55. The minimum absolute atomic E-state index is 0.355. The van der Waals surface area contributed by atoms with Crippen molar-refractivity contribution < 1.29 is 9.90 Å². The summed E-state index contributed by atoms with van der Waals surface area (Å²) in [5.74, 6) is -0.883. The lowest BCUT2D eigenvalue weighted by molar-refractivity contribution is 0.0696. The van der Waals surface area contributed by atoms with Crippen molar-refractivity contribution in [3.63, 3.8) is 0 Å². The van der Waals surface area contributed by atoms with Crippen LogP contribution in [0.2, 0.25) is 0 Å². The number of halogens is 2. The van der Waals surface area contributed by atoms with Crippen molar-refractivity contribution in [1.29, 1.82) is 0 Å². The summed E-state index contributed by atoms with van der Waals surface area (Å²) in [4.78, 5) is 10.7. The van der Waals surface area contributed by atoms with Crippen LogP contribution in [-0.4, -0.2) is 11.1 Å². The van der Waals surface area contributed by atoms with Gasteiger partial charge >= 0.3 is 5.97 Å². The Kier molecular flexibility index (Phi) is 3.11. The zero-order chi connectivity index (χ0) is 9.30. The SMILES string of the molecule is Cc1c(Br)cc(I)cc1C(=O)O. The van der Waals surface area contributed by atoms with Crippen molar-refractivity contribution in [3.05, 3.63) is 31.3 Å². The lowest BCUT2D eigenvalue weighted by Crippen LogP contribution is -2.00. The summed E-state index contributed by atoms with van der Waals surface area (Å²) in [7, 11) is 0. The van der Waals surface area contributed by atoms with E-state index in [2.05, 4.69) is 38.5 Å². The Morgan fingerprint density at radius 2 is 2.17 bits per heavy atom. The maximum atomic E-state index is 10.7. The summed E-state index contributed by atoms with van der Waals surface area (Å²) in [6.45, 7) is 1.78. The van der Waals surface area contributed by atoms with Crippen LogP contribution in [0, 0.1) is 10.5 Å². The average Bonchev–Trinajstić information content (AvgIpc) is 1.96. The monoisotopic (exact) mass is 340 g/mol. The second kappa shape index (κ2) is 3.74. The predicted octanol–water partition coefficient (Wildman–Crippen LogP) is 3.06. The van der Waals surface area contributed by atoms with Crippen LogP contribution in [0.3, 0.4) is 0 Å². The van der Waals surface area contributed by atoms with E-state index < -0.39 is 5.97 Å². The van der Waals surface area contributed by atoms with E-state index in [0.717, 1.165) is 13.6 Å². The number of aromatic carboxylic acids is 1. The lowest BCUT2D eigenvalue weighted by Gasteiger charge is -2.03. The third-order valence-corrected chi connectivity index (χ3v) is 2.99. The van der Waals surface area contributed by atoms with Gasteiger partial charge in [0.05, 0.1) is 5.56 Å². The Hall–Kier alpha value is -0.100. The van der Waals surface area contributed by atoms with E-state index in [4.69, 9.17) is 5.11 Å². The highest BCUT2D eigenvalue weighted by Gasteiger charge is 2.09. The molecule has 0 bridgehead atoms. The van der Waals surface area contributed by atoms with Crippen LogP contribution in [-0.2, 0) is 0 Å². The van der Waals surface area contributed by atoms with Crippen LogP contribution in [0.5, 0.6) is 0 Å². The van der Waals surface area contributed by atoms with Gasteiger partial charge in [-0.3, -0.25) is 0 Å². The molecule has 64 valence electrons. The first-order valence-corrected chi connectivity index (χ1v) is 5.08. The van der Waals surface area contributed by atoms with Crippen molar-refractivity contribution in [2.45, 2.75) is 6.92 Å². The molecule has 0 amide bonds. The van der Waals surface area contributed by atoms with Gasteiger partial charge in [0.1, 0.15) is 0 Å². The van der Waals surface area contributed by atoms with Crippen LogP contribution in [0.4, 0.5) is 0 Å². The molecule has 0 heterocycles. The number of rotatable bonds is 1. The Labute approximate surface area is 92.2 Å². The number of carboxylic acids is 1. The molecule has 0 fully saturated rings. The number of benzene rings is 1. The summed E-state index contributed by atoms with van der Waals surface area (Å²) in [5.41, 5.74) is 1.12. The first kappa shape index (κ1) is 9.98. The third kappa shape index (κ3) is 1.98. The molecule has 0 aromatic heterocycles. The largest absolute Gasteiger partial charge is 0.478 e. The molecule has 0 saturated heterocycles. The second-order valence-electron chi connectivity index (χ2n) is 2.37. The van der Waals surface area contributed by atoms with E-state index in [1.807, 2.05) is 6.07 Å². The van der Waals surface area contributed by atoms with Gasteiger partial charge in [-0.2, -0.15) is 0 Å². The van der Waals surface area contributed by atoms with Crippen LogP contribution in [0.15, 0.2) is 16.6 Å². The summed E-state index contributed by atoms with van der Waals surface area (Å²) < 4.78 is 1.76. The van der Waals surface area contributed by atoms with Gasteiger partial charge in [-0.25, -0.2) is 4.79 Å². The van der Waals surface area contributed by atoms with Gasteiger partial charge in [-0.15, -0.1) is 0 Å². The van der Waals surface area contributed by atoms with E-state index in [1.54, 1.807) is 13.0 Å². The number of carboxylic acid groups (broad SMARTS) is 1. The Morgan fingerprint density at radius 3 is 2.67 bits per heavy atom. The molecule has 0 aliphatic carbocycles. The molecule has 0 unspecified atom stereocenters. The Balaban J connectivity index is 3.37. The molecule has 2 nitrogen and oxygen atoms in total. The van der Waals surface area contributed by atoms with Gasteiger partial charge in [0.25, 0.3) is 0 Å². The molecule has 0 saturated carbocycles. The highest BCUT2D eigenvalue weighted by molar-refractivity contribution is 14.1. The molecule has 0 radical (unpaired) electrons. The molecular formula is C8H6BrIO2. The molecule has 0 spiro atoms. The second-order valence-corrected chi connectivity index (χ2v) is 4.47. The molecule has 0 aliphatic rings. The van der Waals surface area contributed by atoms with Crippen molar-refractivity contribution in [2.75, 3.05) is 0 Å². The topological polar surface area (TPSA) is 37.3 Å². The molecule has 1 N–H and O–H groups in total. The lowest BCUT2D eigenvalue weighted by atomic mass is 10.1. The predicted molar refractivity (Wildman–Crippen MR) is 58.6 cm³/mol. The van der Waals surface area contributed by atoms with Crippen molar-refractivity contribution >= 4 is 44.5 Å². The van der Waals surface area contributed by atoms with Gasteiger partial charge in [0.15, 0.2) is 0 Å². The highest BCUT2D eigenvalue weighted by atomic mass is 127. The van der Waals surface area contributed by atoms with E-state index in [1.165, 1.54) is 0 Å². The fourth-order valence-corrected chi connectivity index (χ4v) is 2.38. The van der Waals surface area contributed by atoms with Crippen LogP contribution < -0.4 is 0 Å². The van der Waals surface area contributed by atoms with Crippen molar-refractivity contribution in [1.82, 2.24) is 0 Å². The summed E-state index contributed by atoms with van der Waals surface area (Å²) in [6.07, 6.45) is 0. The molecule has 12 heavy (non-hydrogen) atoms. The fourth-order valence-electron chi connectivity index (χ4n) is 0.868. The summed E-state index contributed by atoms with van der Waals surface area (Å²) >= 11 is 5.38. The Morgan fingerprint density at radius 1 is 1.58 bits per heavy atom. The molecule has 1 rings (SSSR count). The number of hydrogen-bond acceptors (Lipinski definition) is 1. The van der Waals surface area contributed by atoms with Gasteiger partial charge < -0.3 is 5.11 Å². The van der Waals surface area contributed by atoms with E-state index in [-0.39, 0.29) is 0 Å². The maximum Gasteiger partial charge on any atom is 0.336 e. The average molecular weight is 341 g/mol. The molecule has 1 aromatic carbocycles. The number of carbonyl (C=O) groups is 1. The van der Waals surface area contributed by atoms with E-state index >= 15 is 0 Å². The zero-order valence-corrected chi connectivity index (χ0v) is 10.0. The van der Waals surface area contributed by atoms with Crippen molar-refractivity contribution in [3.8, 4) is 0 Å². The highest BCUT2D eigenvalue weighted by Crippen LogP contribution is 2.23. The quantitative estimate of drug-likeness (QED) is 0.798. The minimum Gasteiger partial charge on any atom is -0.478 e. The fraction of sp³-hybridized carbons (Fsp3) is 0.125. The summed E-state index contributed by atoms with van der Waals surface area (Å²) in [5, 5.41) is 8.79. The molecule has 4 heteroatoms. The van der Waals surface area contributed by atoms with Gasteiger partial charge in [0, 0.05) is 8.04 Å². The molecule has 0 atom stereocenters. The van der Waals surface area contributed by atoms with Crippen molar-refractivity contribution in [2.24, 2.45) is 0 Å². The first-order chi connectivity index (χ1) is 5.52. The first-order valence-electron chi connectivity index (χ1n) is 3.21. The number of hydrogen-bond donors (Lipinski definition) is 1.